The number of aryl methyl sites for hydroxylation is 1. The van der Waals surface area contributed by atoms with Gasteiger partial charge in [-0.15, -0.1) is 0 Å². The van der Waals surface area contributed by atoms with Crippen LogP contribution in [0.3, 0.4) is 0 Å². The molecule has 2 aromatic rings. The van der Waals surface area contributed by atoms with Gasteiger partial charge in [0.15, 0.2) is 0 Å². The number of carbonyl (C=O) groups is 1. The fourth-order valence-corrected chi connectivity index (χ4v) is 2.97. The quantitative estimate of drug-likeness (QED) is 0.628. The fourth-order valence-electron chi connectivity index (χ4n) is 1.99. The van der Waals surface area contributed by atoms with E-state index in [0.717, 1.165) is 29.1 Å². The van der Waals surface area contributed by atoms with E-state index < -0.39 is 11.2 Å². The predicted octanol–water partition coefficient (Wildman–Crippen LogP) is 3.22. The van der Waals surface area contributed by atoms with Crippen LogP contribution in [0.1, 0.15) is 24.6 Å². The van der Waals surface area contributed by atoms with E-state index in [1.54, 1.807) is 0 Å². The minimum atomic E-state index is -0.820. The number of rotatable bonds is 7. The monoisotopic (exact) mass is 302 g/mol. The van der Waals surface area contributed by atoms with Gasteiger partial charge in [0.05, 0.1) is 0 Å². The van der Waals surface area contributed by atoms with Gasteiger partial charge in [-0.3, -0.25) is 4.79 Å². The van der Waals surface area contributed by atoms with Gasteiger partial charge in [-0.1, -0.05) is 55.4 Å². The highest BCUT2D eigenvalue weighted by Crippen LogP contribution is 2.25. The number of hydrogen-bond acceptors (Lipinski definition) is 4. The van der Waals surface area contributed by atoms with Gasteiger partial charge in [-0.05, 0) is 24.5 Å². The van der Waals surface area contributed by atoms with E-state index in [1.807, 2.05) is 36.4 Å². The topological polar surface area (TPSA) is 63.1 Å². The first kappa shape index (κ1) is 15.5. The Kier molecular flexibility index (Phi) is 5.75. The number of benzene rings is 1. The Balaban J connectivity index is 2.09. The van der Waals surface area contributed by atoms with Gasteiger partial charge in [0.1, 0.15) is 16.6 Å². The Bertz CT molecular complexity index is 590. The molecule has 0 fully saturated rings. The van der Waals surface area contributed by atoms with Crippen LogP contribution in [-0.4, -0.2) is 26.3 Å². The number of aromatic nitrogens is 2. The van der Waals surface area contributed by atoms with Crippen LogP contribution in [-0.2, 0) is 17.6 Å². The summed E-state index contributed by atoms with van der Waals surface area (Å²) >= 11 is 1.28. The van der Waals surface area contributed by atoms with Crippen LogP contribution in [0.5, 0.6) is 0 Å². The lowest BCUT2D eigenvalue weighted by molar-refractivity contribution is -0.136. The van der Waals surface area contributed by atoms with Crippen LogP contribution in [0, 0.1) is 0 Å². The van der Waals surface area contributed by atoms with Gasteiger partial charge in [-0.2, -0.15) is 0 Å². The van der Waals surface area contributed by atoms with Gasteiger partial charge in [0, 0.05) is 5.69 Å². The molecule has 1 unspecified atom stereocenters. The van der Waals surface area contributed by atoms with Gasteiger partial charge < -0.3 is 5.11 Å². The van der Waals surface area contributed by atoms with Crippen LogP contribution in [0.15, 0.2) is 47.8 Å². The van der Waals surface area contributed by atoms with Crippen molar-refractivity contribution in [3.63, 3.8) is 0 Å². The minimum absolute atomic E-state index is 0.480. The van der Waals surface area contributed by atoms with Crippen LogP contribution in [0.4, 0.5) is 0 Å². The summed E-state index contributed by atoms with van der Waals surface area (Å²) in [7, 11) is 0. The molecule has 4 nitrogen and oxygen atoms in total. The maximum absolute atomic E-state index is 11.5. The molecule has 21 heavy (non-hydrogen) atoms. The molecule has 1 atom stereocenters. The largest absolute Gasteiger partial charge is 0.480 e. The van der Waals surface area contributed by atoms with E-state index in [1.165, 1.54) is 18.1 Å². The number of carboxylic acids is 1. The van der Waals surface area contributed by atoms with Crippen LogP contribution in [0.25, 0.3) is 0 Å². The molecule has 110 valence electrons. The average Bonchev–Trinajstić information content (AvgIpc) is 2.48. The SMILES string of the molecule is CCCc1cc(SC(Cc2ccccc2)C(=O)O)ncn1. The van der Waals surface area contributed by atoms with Crippen molar-refractivity contribution < 1.29 is 9.90 Å². The lowest BCUT2D eigenvalue weighted by atomic mass is 10.1. The standard InChI is InChI=1S/C16H18N2O2S/c1-2-6-13-10-15(18-11-17-13)21-14(16(19)20)9-12-7-4-3-5-8-12/h3-5,7-8,10-11,14H,2,6,9H2,1H3,(H,19,20). The third-order valence-electron chi connectivity index (χ3n) is 3.01. The lowest BCUT2D eigenvalue weighted by Gasteiger charge is -2.12. The van der Waals surface area contributed by atoms with Crippen molar-refractivity contribution in [2.24, 2.45) is 0 Å². The van der Waals surface area contributed by atoms with E-state index in [2.05, 4.69) is 16.9 Å². The number of carboxylic acid groups (broad SMARTS) is 1. The first-order valence-corrected chi connectivity index (χ1v) is 7.81. The molecule has 1 N–H and O–H groups in total. The third kappa shape index (κ3) is 4.86. The smallest absolute Gasteiger partial charge is 0.317 e. The second kappa shape index (κ2) is 7.78. The normalized spacial score (nSPS) is 12.0. The minimum Gasteiger partial charge on any atom is -0.480 e. The summed E-state index contributed by atoms with van der Waals surface area (Å²) in [5, 5.41) is 9.58. The molecule has 2 rings (SSSR count). The van der Waals surface area contributed by atoms with Gasteiger partial charge in [0.25, 0.3) is 0 Å². The summed E-state index contributed by atoms with van der Waals surface area (Å²) in [4.78, 5) is 19.8. The van der Waals surface area contributed by atoms with Crippen LogP contribution >= 0.6 is 11.8 Å². The van der Waals surface area contributed by atoms with E-state index in [9.17, 15) is 9.90 Å². The molecule has 1 aromatic heterocycles. The Morgan fingerprint density at radius 3 is 2.71 bits per heavy atom. The second-order valence-corrected chi connectivity index (χ2v) is 5.96. The maximum atomic E-state index is 11.5. The molecule has 5 heteroatoms. The second-order valence-electron chi connectivity index (χ2n) is 4.73. The highest BCUT2D eigenvalue weighted by molar-refractivity contribution is 8.00. The molecule has 0 saturated carbocycles. The molecule has 0 bridgehead atoms. The van der Waals surface area contributed by atoms with Crippen molar-refractivity contribution in [1.82, 2.24) is 9.97 Å². The third-order valence-corrected chi connectivity index (χ3v) is 4.12. The van der Waals surface area contributed by atoms with Crippen molar-refractivity contribution in [1.29, 1.82) is 0 Å². The van der Waals surface area contributed by atoms with Crippen LogP contribution < -0.4 is 0 Å². The first-order chi connectivity index (χ1) is 10.2. The maximum Gasteiger partial charge on any atom is 0.317 e. The molecular weight excluding hydrogens is 284 g/mol. The van der Waals surface area contributed by atoms with Crippen molar-refractivity contribution in [2.75, 3.05) is 0 Å². The van der Waals surface area contributed by atoms with E-state index in [-0.39, 0.29) is 0 Å². The van der Waals surface area contributed by atoms with Crippen molar-refractivity contribution >= 4 is 17.7 Å². The molecule has 0 amide bonds. The molecule has 0 aliphatic carbocycles. The van der Waals surface area contributed by atoms with E-state index in [0.29, 0.717) is 6.42 Å². The molecule has 1 aromatic carbocycles. The molecule has 0 saturated heterocycles. The zero-order valence-electron chi connectivity index (χ0n) is 11.9. The highest BCUT2D eigenvalue weighted by atomic mass is 32.2. The number of aliphatic carboxylic acids is 1. The lowest BCUT2D eigenvalue weighted by Crippen LogP contribution is -2.19. The summed E-state index contributed by atoms with van der Waals surface area (Å²) in [5.74, 6) is -0.820. The van der Waals surface area contributed by atoms with E-state index in [4.69, 9.17) is 0 Å². The molecule has 0 aliphatic rings. The number of thioether (sulfide) groups is 1. The Morgan fingerprint density at radius 2 is 2.05 bits per heavy atom. The highest BCUT2D eigenvalue weighted by Gasteiger charge is 2.20. The molecular formula is C16H18N2O2S. The molecule has 0 spiro atoms. The summed E-state index contributed by atoms with van der Waals surface area (Å²) in [5.41, 5.74) is 1.97. The summed E-state index contributed by atoms with van der Waals surface area (Å²) in [6.07, 6.45) is 3.88. The summed E-state index contributed by atoms with van der Waals surface area (Å²) in [6, 6.07) is 11.5. The number of hydrogen-bond donors (Lipinski definition) is 1. The van der Waals surface area contributed by atoms with Crippen molar-refractivity contribution in [3.8, 4) is 0 Å². The Morgan fingerprint density at radius 1 is 1.29 bits per heavy atom. The molecule has 0 aliphatic heterocycles. The van der Waals surface area contributed by atoms with E-state index >= 15 is 0 Å². The van der Waals surface area contributed by atoms with Crippen molar-refractivity contribution in [3.05, 3.63) is 54.0 Å². The van der Waals surface area contributed by atoms with Crippen molar-refractivity contribution in [2.45, 2.75) is 36.5 Å². The fraction of sp³-hybridized carbons (Fsp3) is 0.312. The Labute approximate surface area is 128 Å². The Hall–Kier alpha value is -1.88. The first-order valence-electron chi connectivity index (χ1n) is 6.93. The van der Waals surface area contributed by atoms with Gasteiger partial charge in [0.2, 0.25) is 0 Å². The average molecular weight is 302 g/mol. The van der Waals surface area contributed by atoms with Crippen LogP contribution in [0.2, 0.25) is 0 Å². The zero-order chi connectivity index (χ0) is 15.1. The molecule has 0 radical (unpaired) electrons. The summed E-state index contributed by atoms with van der Waals surface area (Å²) < 4.78 is 0. The van der Waals surface area contributed by atoms with Gasteiger partial charge >= 0.3 is 5.97 Å². The predicted molar refractivity (Wildman–Crippen MR) is 83.5 cm³/mol. The van der Waals surface area contributed by atoms with Gasteiger partial charge in [-0.25, -0.2) is 9.97 Å². The number of nitrogens with zero attached hydrogens (tertiary/aromatic N) is 2. The molecule has 1 heterocycles. The summed E-state index contributed by atoms with van der Waals surface area (Å²) in [6.45, 7) is 2.09. The zero-order valence-corrected chi connectivity index (χ0v) is 12.7.